The lowest BCUT2D eigenvalue weighted by Gasteiger charge is -2.19. The van der Waals surface area contributed by atoms with Crippen LogP contribution in [-0.2, 0) is 4.79 Å². The van der Waals surface area contributed by atoms with E-state index in [-0.39, 0.29) is 34.7 Å². The molecule has 0 spiro atoms. The van der Waals surface area contributed by atoms with Crippen molar-refractivity contribution in [3.8, 4) is 11.1 Å². The van der Waals surface area contributed by atoms with Gasteiger partial charge in [-0.1, -0.05) is 18.7 Å². The van der Waals surface area contributed by atoms with Crippen LogP contribution < -0.4 is 10.5 Å². The van der Waals surface area contributed by atoms with Crippen LogP contribution in [0.15, 0.2) is 34.3 Å². The smallest absolute Gasteiger partial charge is 0.260 e. The predicted octanol–water partition coefficient (Wildman–Crippen LogP) is 4.80. The highest BCUT2D eigenvalue weighted by Gasteiger charge is 2.34. The number of hydrogen-bond acceptors (Lipinski definition) is 5. The summed E-state index contributed by atoms with van der Waals surface area (Å²) >= 11 is 1.35. The van der Waals surface area contributed by atoms with Crippen molar-refractivity contribution in [1.82, 2.24) is 14.5 Å². The highest BCUT2D eigenvalue weighted by Crippen LogP contribution is 2.34. The van der Waals surface area contributed by atoms with Crippen molar-refractivity contribution in [3.63, 3.8) is 0 Å². The number of amides is 1. The van der Waals surface area contributed by atoms with Gasteiger partial charge in [0.15, 0.2) is 16.8 Å². The average Bonchev–Trinajstić information content (AvgIpc) is 3.14. The Labute approximate surface area is 188 Å². The summed E-state index contributed by atoms with van der Waals surface area (Å²) in [6.07, 6.45) is 4.68. The number of halogens is 2. The van der Waals surface area contributed by atoms with E-state index in [1.54, 1.807) is 6.20 Å². The molecule has 1 unspecified atom stereocenters. The molecule has 168 valence electrons. The van der Waals surface area contributed by atoms with E-state index in [0.29, 0.717) is 35.6 Å². The van der Waals surface area contributed by atoms with Gasteiger partial charge in [-0.05, 0) is 51.1 Å². The molecule has 1 saturated heterocycles. The number of anilines is 1. The fourth-order valence-corrected chi connectivity index (χ4v) is 4.52. The van der Waals surface area contributed by atoms with Crippen LogP contribution in [0.3, 0.4) is 0 Å². The molecule has 3 aromatic rings. The van der Waals surface area contributed by atoms with Crippen molar-refractivity contribution in [2.45, 2.75) is 44.8 Å². The van der Waals surface area contributed by atoms with Gasteiger partial charge in [-0.3, -0.25) is 14.2 Å². The van der Waals surface area contributed by atoms with Gasteiger partial charge in [0.2, 0.25) is 5.91 Å². The van der Waals surface area contributed by atoms with E-state index in [1.165, 1.54) is 39.4 Å². The van der Waals surface area contributed by atoms with E-state index in [2.05, 4.69) is 9.97 Å². The van der Waals surface area contributed by atoms with Crippen LogP contribution >= 0.6 is 11.8 Å². The number of nitrogens with zero attached hydrogens (tertiary/aromatic N) is 4. The maximum absolute atomic E-state index is 15.2. The summed E-state index contributed by atoms with van der Waals surface area (Å²) in [5.74, 6) is -2.66. The van der Waals surface area contributed by atoms with Crippen molar-refractivity contribution >= 4 is 34.4 Å². The summed E-state index contributed by atoms with van der Waals surface area (Å²) in [5, 5.41) is 1.07. The quantitative estimate of drug-likeness (QED) is 0.406. The van der Waals surface area contributed by atoms with Gasteiger partial charge < -0.3 is 4.90 Å². The number of thioether (sulfide) groups is 1. The molecule has 9 heteroatoms. The Bertz CT molecular complexity index is 1280. The second kappa shape index (κ2) is 8.61. The Kier molecular flexibility index (Phi) is 6.03. The van der Waals surface area contributed by atoms with Crippen molar-refractivity contribution in [3.05, 3.63) is 46.4 Å². The van der Waals surface area contributed by atoms with Crippen LogP contribution in [0.5, 0.6) is 0 Å². The van der Waals surface area contributed by atoms with Gasteiger partial charge >= 0.3 is 0 Å². The third kappa shape index (κ3) is 3.58. The largest absolute Gasteiger partial charge is 0.309 e. The number of aromatic nitrogens is 3. The van der Waals surface area contributed by atoms with Crippen LogP contribution in [-0.4, -0.2) is 33.2 Å². The van der Waals surface area contributed by atoms with E-state index in [9.17, 15) is 9.59 Å². The molecule has 3 heterocycles. The second-order valence-corrected chi connectivity index (χ2v) is 8.88. The van der Waals surface area contributed by atoms with E-state index < -0.39 is 17.2 Å². The van der Waals surface area contributed by atoms with Gasteiger partial charge in [0.25, 0.3) is 5.56 Å². The Balaban J connectivity index is 1.88. The van der Waals surface area contributed by atoms with Crippen LogP contribution in [0.4, 0.5) is 14.5 Å². The summed E-state index contributed by atoms with van der Waals surface area (Å²) in [6.45, 7) is 5.90. The molecule has 0 aliphatic carbocycles. The van der Waals surface area contributed by atoms with Crippen LogP contribution in [0.1, 0.15) is 39.7 Å². The fraction of sp³-hybridized carbons (Fsp3) is 0.391. The topological polar surface area (TPSA) is 68.1 Å². The lowest BCUT2D eigenvalue weighted by Crippen LogP contribution is -2.28. The van der Waals surface area contributed by atoms with Gasteiger partial charge in [0, 0.05) is 35.7 Å². The summed E-state index contributed by atoms with van der Waals surface area (Å²) in [4.78, 5) is 35.8. The lowest BCUT2D eigenvalue weighted by atomic mass is 10.0. The molecule has 1 fully saturated rings. The molecule has 0 saturated carbocycles. The first-order valence-electron chi connectivity index (χ1n) is 10.5. The summed E-state index contributed by atoms with van der Waals surface area (Å²) in [7, 11) is 0. The first-order valence-corrected chi connectivity index (χ1v) is 11.8. The van der Waals surface area contributed by atoms with Gasteiger partial charge in [-0.25, -0.2) is 18.7 Å². The van der Waals surface area contributed by atoms with E-state index in [1.807, 2.05) is 27.0 Å². The number of carbonyl (C=O) groups is 1. The molecule has 4 rings (SSSR count). The molecule has 6 nitrogen and oxygen atoms in total. The molecule has 0 bridgehead atoms. The average molecular weight is 459 g/mol. The van der Waals surface area contributed by atoms with E-state index in [0.717, 1.165) is 0 Å². The van der Waals surface area contributed by atoms with Gasteiger partial charge in [-0.15, -0.1) is 0 Å². The van der Waals surface area contributed by atoms with Crippen LogP contribution in [0.25, 0.3) is 22.2 Å². The molecule has 2 aromatic heterocycles. The fourth-order valence-electron chi connectivity index (χ4n) is 4.19. The summed E-state index contributed by atoms with van der Waals surface area (Å²) < 4.78 is 31.8. The number of rotatable bonds is 5. The molecule has 1 aliphatic rings. The number of benzene rings is 1. The van der Waals surface area contributed by atoms with Gasteiger partial charge in [-0.2, -0.15) is 0 Å². The van der Waals surface area contributed by atoms with Crippen molar-refractivity contribution in [2.24, 2.45) is 5.92 Å². The monoisotopic (exact) mass is 458 g/mol. The minimum absolute atomic E-state index is 0.0221. The summed E-state index contributed by atoms with van der Waals surface area (Å²) in [6, 6.07) is 3.98. The SMILES string of the molecule is CCC1CCN(c2ccc(-c3cc4cnc(SC)nc4n(C(C)C)c3=O)c(F)c2F)C1=O. The standard InChI is InChI=1S/C23H24F2N4O2S/c1-5-13-8-9-28(21(13)30)17-7-6-15(18(24)19(17)25)16-10-14-11-26-23(32-4)27-20(14)29(12(2)3)22(16)31/h6-7,10-13H,5,8-9H2,1-4H3. The van der Waals surface area contributed by atoms with Crippen molar-refractivity contribution in [1.29, 1.82) is 0 Å². The normalized spacial score (nSPS) is 16.5. The Morgan fingerprint density at radius 1 is 1.19 bits per heavy atom. The van der Waals surface area contributed by atoms with Crippen LogP contribution in [0, 0.1) is 17.6 Å². The molecule has 1 aliphatic heterocycles. The number of hydrogen-bond donors (Lipinski definition) is 0. The highest BCUT2D eigenvalue weighted by atomic mass is 32.2. The zero-order valence-electron chi connectivity index (χ0n) is 18.4. The predicted molar refractivity (Wildman–Crippen MR) is 122 cm³/mol. The van der Waals surface area contributed by atoms with Crippen molar-refractivity contribution in [2.75, 3.05) is 17.7 Å². The zero-order valence-corrected chi connectivity index (χ0v) is 19.2. The molecular weight excluding hydrogens is 434 g/mol. The zero-order chi connectivity index (χ0) is 23.2. The number of pyridine rings is 1. The molecule has 0 radical (unpaired) electrons. The Morgan fingerprint density at radius 2 is 1.94 bits per heavy atom. The number of carbonyl (C=O) groups excluding carboxylic acids is 1. The first-order chi connectivity index (χ1) is 15.3. The molecule has 1 amide bonds. The number of fused-ring (bicyclic) bond motifs is 1. The molecule has 32 heavy (non-hydrogen) atoms. The lowest BCUT2D eigenvalue weighted by molar-refractivity contribution is -0.120. The van der Waals surface area contributed by atoms with E-state index >= 15 is 8.78 Å². The first kappa shape index (κ1) is 22.4. The molecule has 0 N–H and O–H groups in total. The van der Waals surface area contributed by atoms with E-state index in [4.69, 9.17) is 0 Å². The maximum atomic E-state index is 15.2. The van der Waals surface area contributed by atoms with Crippen molar-refractivity contribution < 1.29 is 13.6 Å². The van der Waals surface area contributed by atoms with Crippen LogP contribution in [0.2, 0.25) is 0 Å². The maximum Gasteiger partial charge on any atom is 0.260 e. The second-order valence-electron chi connectivity index (χ2n) is 8.11. The van der Waals surface area contributed by atoms with Gasteiger partial charge in [0.1, 0.15) is 5.65 Å². The van der Waals surface area contributed by atoms with Gasteiger partial charge in [0.05, 0.1) is 11.3 Å². The minimum Gasteiger partial charge on any atom is -0.309 e. The molecule has 1 atom stereocenters. The Hall–Kier alpha value is -2.81. The third-order valence-corrected chi connectivity index (χ3v) is 6.46. The third-order valence-electron chi connectivity index (χ3n) is 5.90. The molecule has 1 aromatic carbocycles. The Morgan fingerprint density at radius 3 is 2.56 bits per heavy atom. The highest BCUT2D eigenvalue weighted by molar-refractivity contribution is 7.98. The minimum atomic E-state index is -1.15. The summed E-state index contributed by atoms with van der Waals surface area (Å²) in [5.41, 5.74) is -0.245. The molecular formula is C23H24F2N4O2S.